The normalized spacial score (nSPS) is 19.6. The third-order valence-electron chi connectivity index (χ3n) is 6.55. The fourth-order valence-electron chi connectivity index (χ4n) is 4.69. The Bertz CT molecular complexity index is 813. The van der Waals surface area contributed by atoms with Crippen LogP contribution in [0.3, 0.4) is 0 Å². The maximum Gasteiger partial charge on any atom is 0.223 e. The van der Waals surface area contributed by atoms with E-state index in [1.54, 1.807) is 18.5 Å². The highest BCUT2D eigenvalue weighted by Crippen LogP contribution is 2.26. The Morgan fingerprint density at radius 1 is 1.03 bits per heavy atom. The van der Waals surface area contributed by atoms with Gasteiger partial charge >= 0.3 is 0 Å². The highest BCUT2D eigenvalue weighted by Gasteiger charge is 2.30. The van der Waals surface area contributed by atoms with Crippen LogP contribution in [-0.2, 0) is 17.9 Å². The number of pyridine rings is 1. The van der Waals surface area contributed by atoms with Crippen LogP contribution in [0.15, 0.2) is 48.8 Å². The van der Waals surface area contributed by atoms with Crippen LogP contribution in [-0.4, -0.2) is 58.0 Å². The van der Waals surface area contributed by atoms with Gasteiger partial charge in [-0.2, -0.15) is 0 Å². The second kappa shape index (κ2) is 10.0. The van der Waals surface area contributed by atoms with Crippen molar-refractivity contribution in [2.24, 2.45) is 5.92 Å². The molecule has 1 aromatic heterocycles. The van der Waals surface area contributed by atoms with Gasteiger partial charge in [0, 0.05) is 43.0 Å². The summed E-state index contributed by atoms with van der Waals surface area (Å²) in [7, 11) is 0. The third kappa shape index (κ3) is 5.37. The van der Waals surface area contributed by atoms with Gasteiger partial charge in [-0.3, -0.25) is 14.7 Å². The zero-order valence-corrected chi connectivity index (χ0v) is 17.5. The Kier molecular flexibility index (Phi) is 6.97. The summed E-state index contributed by atoms with van der Waals surface area (Å²) < 4.78 is 0. The van der Waals surface area contributed by atoms with Crippen LogP contribution < -0.4 is 5.32 Å². The molecule has 1 aromatic carbocycles. The van der Waals surface area contributed by atoms with Gasteiger partial charge in [0.15, 0.2) is 0 Å². The van der Waals surface area contributed by atoms with E-state index < -0.39 is 0 Å². The molecule has 3 heterocycles. The van der Waals surface area contributed by atoms with Gasteiger partial charge in [-0.15, -0.1) is 0 Å². The van der Waals surface area contributed by atoms with Gasteiger partial charge in [0.25, 0.3) is 0 Å². The van der Waals surface area contributed by atoms with Crippen molar-refractivity contribution in [3.05, 3.63) is 59.9 Å². The molecule has 2 saturated heterocycles. The lowest BCUT2D eigenvalue weighted by molar-refractivity contribution is -0.126. The summed E-state index contributed by atoms with van der Waals surface area (Å²) in [6, 6.07) is 12.1. The summed E-state index contributed by atoms with van der Waals surface area (Å²) in [5, 5.41) is 13.1. The van der Waals surface area contributed by atoms with Crippen LogP contribution in [0.5, 0.6) is 5.75 Å². The van der Waals surface area contributed by atoms with Crippen LogP contribution in [0.25, 0.3) is 0 Å². The molecule has 4 rings (SSSR count). The summed E-state index contributed by atoms with van der Waals surface area (Å²) in [6.45, 7) is 5.51. The summed E-state index contributed by atoms with van der Waals surface area (Å²) in [6.07, 6.45) is 7.75. The molecule has 2 aliphatic rings. The molecule has 6 heteroatoms. The van der Waals surface area contributed by atoms with E-state index in [2.05, 4.69) is 20.1 Å². The molecular weight excluding hydrogens is 376 g/mol. The molecule has 2 fully saturated rings. The molecule has 1 amide bonds. The Morgan fingerprint density at radius 2 is 1.80 bits per heavy atom. The molecule has 0 radical (unpaired) electrons. The largest absolute Gasteiger partial charge is 0.508 e. The molecule has 0 unspecified atom stereocenters. The minimum Gasteiger partial charge on any atom is -0.508 e. The maximum atomic E-state index is 12.5. The first-order valence-electron chi connectivity index (χ1n) is 11.1. The van der Waals surface area contributed by atoms with Gasteiger partial charge in [-0.05, 0) is 69.6 Å². The summed E-state index contributed by atoms with van der Waals surface area (Å²) in [5.74, 6) is 0.693. The number of carbonyl (C=O) groups excluding carboxylic acids is 1. The van der Waals surface area contributed by atoms with E-state index in [-0.39, 0.29) is 11.8 Å². The smallest absolute Gasteiger partial charge is 0.223 e. The predicted molar refractivity (Wildman–Crippen MR) is 117 cm³/mol. The summed E-state index contributed by atoms with van der Waals surface area (Å²) >= 11 is 0. The monoisotopic (exact) mass is 408 g/mol. The van der Waals surface area contributed by atoms with E-state index in [9.17, 15) is 9.90 Å². The fourth-order valence-corrected chi connectivity index (χ4v) is 4.69. The third-order valence-corrected chi connectivity index (χ3v) is 6.55. The Morgan fingerprint density at radius 3 is 2.50 bits per heavy atom. The number of rotatable bonds is 6. The average Bonchev–Trinajstić information content (AvgIpc) is 2.80. The van der Waals surface area contributed by atoms with Gasteiger partial charge in [-0.1, -0.05) is 24.3 Å². The van der Waals surface area contributed by atoms with Crippen LogP contribution >= 0.6 is 0 Å². The number of hydrogen-bond acceptors (Lipinski definition) is 5. The lowest BCUT2D eigenvalue weighted by atomic mass is 9.92. The van der Waals surface area contributed by atoms with E-state index >= 15 is 0 Å². The van der Waals surface area contributed by atoms with E-state index in [0.29, 0.717) is 18.3 Å². The number of phenols is 1. The van der Waals surface area contributed by atoms with Crippen molar-refractivity contribution in [3.8, 4) is 5.75 Å². The molecule has 30 heavy (non-hydrogen) atoms. The number of carbonyl (C=O) groups is 1. The second-order valence-electron chi connectivity index (χ2n) is 8.53. The number of aromatic hydroxyl groups is 1. The van der Waals surface area contributed by atoms with Gasteiger partial charge in [-0.25, -0.2) is 0 Å². The number of nitrogens with zero attached hydrogens (tertiary/aromatic N) is 3. The van der Waals surface area contributed by atoms with Crippen molar-refractivity contribution in [2.75, 3.05) is 26.2 Å². The molecule has 0 bridgehead atoms. The van der Waals surface area contributed by atoms with E-state index in [4.69, 9.17) is 0 Å². The fraction of sp³-hybridized carbons (Fsp3) is 0.500. The molecule has 2 N–H and O–H groups in total. The summed E-state index contributed by atoms with van der Waals surface area (Å²) in [4.78, 5) is 21.6. The van der Waals surface area contributed by atoms with Crippen molar-refractivity contribution < 1.29 is 9.90 Å². The number of benzene rings is 1. The highest BCUT2D eigenvalue weighted by molar-refractivity contribution is 5.78. The second-order valence-corrected chi connectivity index (χ2v) is 8.53. The molecule has 0 aliphatic carbocycles. The number of amides is 1. The minimum absolute atomic E-state index is 0.124. The summed E-state index contributed by atoms with van der Waals surface area (Å²) in [5.41, 5.74) is 2.05. The van der Waals surface area contributed by atoms with E-state index in [1.807, 2.05) is 30.3 Å². The van der Waals surface area contributed by atoms with Crippen LogP contribution in [0.4, 0.5) is 0 Å². The molecule has 2 aromatic rings. The molecule has 2 aliphatic heterocycles. The highest BCUT2D eigenvalue weighted by atomic mass is 16.3. The van der Waals surface area contributed by atoms with E-state index in [0.717, 1.165) is 69.5 Å². The zero-order valence-electron chi connectivity index (χ0n) is 17.5. The Labute approximate surface area is 178 Å². The lowest BCUT2D eigenvalue weighted by Gasteiger charge is -2.41. The van der Waals surface area contributed by atoms with Crippen molar-refractivity contribution in [2.45, 2.75) is 44.8 Å². The first-order chi connectivity index (χ1) is 14.7. The number of nitrogens with one attached hydrogen (secondary N) is 1. The average molecular weight is 409 g/mol. The maximum absolute atomic E-state index is 12.5. The molecule has 0 saturated carbocycles. The number of hydrogen-bond donors (Lipinski definition) is 2. The molecule has 0 atom stereocenters. The molecular formula is C24H32N4O2. The van der Waals surface area contributed by atoms with Crippen molar-refractivity contribution in [1.29, 1.82) is 0 Å². The Hall–Kier alpha value is -2.44. The Balaban J connectivity index is 1.18. The number of piperidine rings is 2. The standard InChI is InChI=1S/C24H32N4O2/c29-23-6-2-1-5-21(23)18-27-12-9-22(10-13-27)28-14-7-20(8-15-28)24(30)26-17-19-4-3-11-25-16-19/h1-6,11,16,20,22,29H,7-10,12-15,17-18H2,(H,26,30). The topological polar surface area (TPSA) is 68.7 Å². The molecule has 160 valence electrons. The quantitative estimate of drug-likeness (QED) is 0.769. The lowest BCUT2D eigenvalue weighted by Crippen LogP contribution is -2.49. The van der Waals surface area contributed by atoms with Crippen LogP contribution in [0, 0.1) is 5.92 Å². The first kappa shape index (κ1) is 20.8. The first-order valence-corrected chi connectivity index (χ1v) is 11.1. The van der Waals surface area contributed by atoms with Crippen LogP contribution in [0.1, 0.15) is 36.8 Å². The number of phenolic OH excluding ortho intramolecular Hbond substituents is 1. The SMILES string of the molecule is O=C(NCc1cccnc1)C1CCN(C2CCN(Cc3ccccc3O)CC2)CC1. The van der Waals surface area contributed by atoms with Crippen LogP contribution in [0.2, 0.25) is 0 Å². The number of aromatic nitrogens is 1. The zero-order chi connectivity index (χ0) is 20.8. The minimum atomic E-state index is 0.124. The van der Waals surface area contributed by atoms with Crippen molar-refractivity contribution in [1.82, 2.24) is 20.1 Å². The van der Waals surface area contributed by atoms with Crippen molar-refractivity contribution >= 4 is 5.91 Å². The predicted octanol–water partition coefficient (Wildman–Crippen LogP) is 2.78. The van der Waals surface area contributed by atoms with Crippen molar-refractivity contribution in [3.63, 3.8) is 0 Å². The molecule has 6 nitrogen and oxygen atoms in total. The number of para-hydroxylation sites is 1. The van der Waals surface area contributed by atoms with Gasteiger partial charge in [0.1, 0.15) is 5.75 Å². The van der Waals surface area contributed by atoms with Gasteiger partial charge in [0.2, 0.25) is 5.91 Å². The van der Waals surface area contributed by atoms with E-state index in [1.165, 1.54) is 0 Å². The molecule has 0 spiro atoms. The van der Waals surface area contributed by atoms with Gasteiger partial charge < -0.3 is 15.3 Å². The number of likely N-dealkylation sites (tertiary alicyclic amines) is 2. The van der Waals surface area contributed by atoms with Gasteiger partial charge in [0.05, 0.1) is 0 Å².